The number of hydrogen-bond acceptors (Lipinski definition) is 3. The van der Waals surface area contributed by atoms with Gasteiger partial charge in [0.1, 0.15) is 5.75 Å². The molecule has 0 unspecified atom stereocenters. The van der Waals surface area contributed by atoms with Gasteiger partial charge in [0.15, 0.2) is 0 Å². The van der Waals surface area contributed by atoms with Gasteiger partial charge in [-0.1, -0.05) is 91.0 Å². The molecule has 0 aliphatic heterocycles. The van der Waals surface area contributed by atoms with Gasteiger partial charge in [-0.2, -0.15) is 0 Å². The fourth-order valence-corrected chi connectivity index (χ4v) is 5.02. The summed E-state index contributed by atoms with van der Waals surface area (Å²) in [4.78, 5) is 14.7. The molecule has 0 aliphatic carbocycles. The molecule has 0 bridgehead atoms. The van der Waals surface area contributed by atoms with E-state index in [1.807, 2.05) is 54.6 Å². The van der Waals surface area contributed by atoms with Crippen molar-refractivity contribution in [2.24, 2.45) is 0 Å². The lowest BCUT2D eigenvalue weighted by molar-refractivity contribution is 0.142. The molecule has 6 aromatic rings. The van der Waals surface area contributed by atoms with Gasteiger partial charge in [-0.25, -0.2) is 4.79 Å². The Hall–Kier alpha value is -4.77. The number of aryl methyl sites for hydroxylation is 1. The topological polar surface area (TPSA) is 71.5 Å². The van der Waals surface area contributed by atoms with Crippen LogP contribution in [0.15, 0.2) is 103 Å². The first kappa shape index (κ1) is 22.7. The molecule has 0 aliphatic rings. The highest BCUT2D eigenvalue weighted by Gasteiger charge is 2.18. The molecular formula is C32H25NO4. The molecule has 6 rings (SSSR count). The maximum absolute atomic E-state index is 11.5. The highest BCUT2D eigenvalue weighted by molar-refractivity contribution is 6.00. The first-order valence-corrected chi connectivity index (χ1v) is 12.3. The summed E-state index contributed by atoms with van der Waals surface area (Å²) in [6.07, 6.45) is -0.0342. The van der Waals surface area contributed by atoms with E-state index in [-0.39, 0.29) is 5.88 Å². The lowest BCUT2D eigenvalue weighted by atomic mass is 9.98. The fourth-order valence-electron chi connectivity index (χ4n) is 5.02. The molecule has 1 aromatic heterocycles. The molecule has 0 fully saturated rings. The van der Waals surface area contributed by atoms with E-state index >= 15 is 0 Å². The summed E-state index contributed by atoms with van der Waals surface area (Å²) < 4.78 is 11.3. The van der Waals surface area contributed by atoms with E-state index in [0.29, 0.717) is 19.4 Å². The summed E-state index contributed by atoms with van der Waals surface area (Å²) in [6.45, 7) is 0.498. The number of hydrogen-bond donors (Lipinski definition) is 2. The lowest BCUT2D eigenvalue weighted by Gasteiger charge is -2.10. The van der Waals surface area contributed by atoms with Gasteiger partial charge in [0, 0.05) is 21.9 Å². The maximum atomic E-state index is 11.5. The van der Waals surface area contributed by atoms with Crippen molar-refractivity contribution in [3.63, 3.8) is 0 Å². The van der Waals surface area contributed by atoms with Crippen LogP contribution in [0.1, 0.15) is 12.0 Å². The summed E-state index contributed by atoms with van der Waals surface area (Å²) in [5.74, 6) is 1.11. The average molecular weight is 488 g/mol. The Balaban J connectivity index is 1.30. The van der Waals surface area contributed by atoms with Crippen molar-refractivity contribution < 1.29 is 19.4 Å². The van der Waals surface area contributed by atoms with Crippen LogP contribution in [0.25, 0.3) is 43.6 Å². The molecule has 5 heteroatoms. The molecule has 0 saturated heterocycles. The van der Waals surface area contributed by atoms with Gasteiger partial charge < -0.3 is 19.6 Å². The monoisotopic (exact) mass is 487 g/mol. The largest absolute Gasteiger partial charge is 0.512 e. The third kappa shape index (κ3) is 4.47. The molecule has 0 radical (unpaired) electrons. The summed E-state index contributed by atoms with van der Waals surface area (Å²) in [7, 11) is 0. The van der Waals surface area contributed by atoms with Gasteiger partial charge in [0.2, 0.25) is 5.88 Å². The summed E-state index contributed by atoms with van der Waals surface area (Å²) in [6, 6.07) is 34.8. The smallest absolute Gasteiger partial charge is 0.493 e. The summed E-state index contributed by atoms with van der Waals surface area (Å²) in [5.41, 5.74) is 3.75. The lowest BCUT2D eigenvalue weighted by Crippen LogP contribution is -2.06. The Morgan fingerprint density at radius 3 is 2.35 bits per heavy atom. The van der Waals surface area contributed by atoms with Crippen LogP contribution in [0.4, 0.5) is 4.79 Å². The Kier molecular flexibility index (Phi) is 5.95. The van der Waals surface area contributed by atoms with Gasteiger partial charge in [-0.3, -0.25) is 0 Å². The van der Waals surface area contributed by atoms with Crippen LogP contribution in [0.3, 0.4) is 0 Å². The Morgan fingerprint density at radius 2 is 1.49 bits per heavy atom. The zero-order valence-corrected chi connectivity index (χ0v) is 20.1. The van der Waals surface area contributed by atoms with Gasteiger partial charge in [-0.15, -0.1) is 0 Å². The Labute approximate surface area is 213 Å². The van der Waals surface area contributed by atoms with E-state index in [2.05, 4.69) is 53.5 Å². The molecule has 0 saturated carbocycles. The number of H-pyrrole nitrogens is 1. The first-order valence-electron chi connectivity index (χ1n) is 12.3. The van der Waals surface area contributed by atoms with E-state index in [0.717, 1.165) is 49.5 Å². The fraction of sp³-hybridized carbons (Fsp3) is 0.0938. The Bertz CT molecular complexity index is 1750. The van der Waals surface area contributed by atoms with E-state index < -0.39 is 6.16 Å². The Morgan fingerprint density at radius 1 is 0.757 bits per heavy atom. The van der Waals surface area contributed by atoms with Crippen molar-refractivity contribution >= 4 is 38.6 Å². The number of carboxylic acid groups (broad SMARTS) is 1. The van der Waals surface area contributed by atoms with E-state index in [4.69, 9.17) is 9.47 Å². The quantitative estimate of drug-likeness (QED) is 0.176. The van der Waals surface area contributed by atoms with Crippen LogP contribution in [-0.4, -0.2) is 22.9 Å². The second-order valence-electron chi connectivity index (χ2n) is 9.02. The summed E-state index contributed by atoms with van der Waals surface area (Å²) in [5, 5.41) is 14.9. The van der Waals surface area contributed by atoms with Crippen LogP contribution in [-0.2, 0) is 6.42 Å². The zero-order chi connectivity index (χ0) is 25.2. The molecular weight excluding hydrogens is 462 g/mol. The molecule has 37 heavy (non-hydrogen) atoms. The summed E-state index contributed by atoms with van der Waals surface area (Å²) >= 11 is 0. The second-order valence-corrected chi connectivity index (χ2v) is 9.02. The van der Waals surface area contributed by atoms with E-state index in [1.54, 1.807) is 0 Å². The molecule has 0 atom stereocenters. The minimum absolute atomic E-state index is 0.265. The van der Waals surface area contributed by atoms with Crippen LogP contribution in [0.5, 0.6) is 11.6 Å². The van der Waals surface area contributed by atoms with Crippen LogP contribution in [0, 0.1) is 0 Å². The van der Waals surface area contributed by atoms with E-state index in [1.165, 1.54) is 5.39 Å². The standard InChI is InChI=1S/C32H25NO4/c34-32(35)37-31-28(15-7-19-36-29-16-5-11-22-9-3-4-12-25(22)29)27-14-6-13-26(30(27)33-31)24-18-17-21-8-1-2-10-23(21)20-24/h1-6,8-14,16-18,20,33H,7,15,19H2,(H,34,35). The maximum Gasteiger partial charge on any atom is 0.512 e. The molecule has 1 heterocycles. The highest BCUT2D eigenvalue weighted by Crippen LogP contribution is 2.36. The van der Waals surface area contributed by atoms with Crippen molar-refractivity contribution in [2.75, 3.05) is 6.61 Å². The number of nitrogens with one attached hydrogen (secondary N) is 1. The van der Waals surface area contributed by atoms with Gasteiger partial charge in [-0.05, 0) is 46.7 Å². The SMILES string of the molecule is O=C(O)Oc1[nH]c2c(-c3ccc4ccccc4c3)cccc2c1CCCOc1cccc2ccccc12. The molecule has 0 spiro atoms. The van der Waals surface area contributed by atoms with Crippen molar-refractivity contribution in [3.8, 4) is 22.8 Å². The van der Waals surface area contributed by atoms with Crippen LogP contribution < -0.4 is 9.47 Å². The minimum atomic E-state index is -1.34. The van der Waals surface area contributed by atoms with Gasteiger partial charge >= 0.3 is 6.16 Å². The predicted molar refractivity (Wildman–Crippen MR) is 148 cm³/mol. The molecule has 182 valence electrons. The number of carbonyl (C=O) groups is 1. The number of aromatic nitrogens is 1. The van der Waals surface area contributed by atoms with Crippen molar-refractivity contribution in [2.45, 2.75) is 12.8 Å². The number of aromatic amines is 1. The van der Waals surface area contributed by atoms with Crippen molar-refractivity contribution in [3.05, 3.63) is 109 Å². The predicted octanol–water partition coefficient (Wildman–Crippen LogP) is 8.21. The van der Waals surface area contributed by atoms with Crippen LogP contribution >= 0.6 is 0 Å². The molecule has 2 N–H and O–H groups in total. The third-order valence-electron chi connectivity index (χ3n) is 6.73. The zero-order valence-electron chi connectivity index (χ0n) is 20.1. The van der Waals surface area contributed by atoms with Gasteiger partial charge in [0.25, 0.3) is 0 Å². The number of para-hydroxylation sites is 1. The highest BCUT2D eigenvalue weighted by atomic mass is 16.7. The average Bonchev–Trinajstić information content (AvgIpc) is 3.27. The third-order valence-corrected chi connectivity index (χ3v) is 6.73. The molecule has 5 nitrogen and oxygen atoms in total. The number of rotatable bonds is 7. The second kappa shape index (κ2) is 9.70. The normalized spacial score (nSPS) is 11.2. The molecule has 0 amide bonds. The molecule has 5 aromatic carbocycles. The number of ether oxygens (including phenoxy) is 2. The van der Waals surface area contributed by atoms with Crippen LogP contribution in [0.2, 0.25) is 0 Å². The number of fused-ring (bicyclic) bond motifs is 3. The van der Waals surface area contributed by atoms with Gasteiger partial charge in [0.05, 0.1) is 12.1 Å². The van der Waals surface area contributed by atoms with E-state index in [9.17, 15) is 9.90 Å². The van der Waals surface area contributed by atoms with Crippen molar-refractivity contribution in [1.82, 2.24) is 4.98 Å². The van der Waals surface area contributed by atoms with Crippen molar-refractivity contribution in [1.29, 1.82) is 0 Å². The minimum Gasteiger partial charge on any atom is -0.493 e. The number of benzene rings is 5. The first-order chi connectivity index (χ1) is 18.2.